The van der Waals surface area contributed by atoms with Crippen LogP contribution in [0.3, 0.4) is 0 Å². The minimum atomic E-state index is 0.0613. The summed E-state index contributed by atoms with van der Waals surface area (Å²) in [5.74, 6) is 1.48. The second-order valence-corrected chi connectivity index (χ2v) is 6.62. The largest absolute Gasteiger partial charge is 0.396 e. The van der Waals surface area contributed by atoms with Crippen LogP contribution in [0.2, 0.25) is 0 Å². The fourth-order valence-corrected chi connectivity index (χ4v) is 4.45. The first-order valence-electron chi connectivity index (χ1n) is 6.23. The monoisotopic (exact) mass is 212 g/mol. The molecule has 0 aromatic carbocycles. The average molecular weight is 212 g/mol. The molecule has 2 N–H and O–H groups in total. The molecular formula is C13H24O2. The molecular weight excluding hydrogens is 188 g/mol. The van der Waals surface area contributed by atoms with E-state index in [2.05, 4.69) is 13.8 Å². The van der Waals surface area contributed by atoms with Crippen LogP contribution in [0.4, 0.5) is 0 Å². The second kappa shape index (κ2) is 3.74. The Kier molecular flexibility index (Phi) is 2.85. The van der Waals surface area contributed by atoms with Crippen molar-refractivity contribution in [1.29, 1.82) is 0 Å². The number of fused-ring (bicyclic) bond motifs is 2. The van der Waals surface area contributed by atoms with Crippen LogP contribution in [0, 0.1) is 22.7 Å². The maximum Gasteiger partial charge on any atom is 0.0487 e. The van der Waals surface area contributed by atoms with E-state index < -0.39 is 0 Å². The van der Waals surface area contributed by atoms with Crippen LogP contribution < -0.4 is 0 Å². The van der Waals surface area contributed by atoms with Gasteiger partial charge in [0.15, 0.2) is 0 Å². The minimum absolute atomic E-state index is 0.0613. The molecule has 2 heteroatoms. The lowest BCUT2D eigenvalue weighted by atomic mass is 9.53. The van der Waals surface area contributed by atoms with Gasteiger partial charge in [-0.15, -0.1) is 0 Å². The number of hydrogen-bond acceptors (Lipinski definition) is 2. The molecule has 0 amide bonds. The third-order valence-corrected chi connectivity index (χ3v) is 4.54. The third kappa shape index (κ3) is 2.07. The van der Waals surface area contributed by atoms with Crippen molar-refractivity contribution in [3.05, 3.63) is 0 Å². The molecule has 2 saturated carbocycles. The van der Waals surface area contributed by atoms with Gasteiger partial charge in [0.25, 0.3) is 0 Å². The van der Waals surface area contributed by atoms with Gasteiger partial charge in [-0.1, -0.05) is 13.8 Å². The summed E-state index contributed by atoms with van der Waals surface area (Å²) in [6.07, 6.45) is 5.78. The fraction of sp³-hybridized carbons (Fsp3) is 1.00. The maximum atomic E-state index is 9.66. The zero-order chi connectivity index (χ0) is 11.1. The van der Waals surface area contributed by atoms with Gasteiger partial charge in [0.05, 0.1) is 0 Å². The molecule has 2 bridgehead atoms. The van der Waals surface area contributed by atoms with Crippen LogP contribution in [-0.2, 0) is 0 Å². The minimum Gasteiger partial charge on any atom is -0.396 e. The molecule has 2 rings (SSSR count). The second-order valence-electron chi connectivity index (χ2n) is 6.62. The average Bonchev–Trinajstić information content (AvgIpc) is 2.15. The molecule has 0 saturated heterocycles. The first-order chi connectivity index (χ1) is 7.01. The van der Waals surface area contributed by atoms with E-state index in [0.29, 0.717) is 6.61 Å². The molecule has 2 aliphatic rings. The van der Waals surface area contributed by atoms with Gasteiger partial charge in [0.1, 0.15) is 0 Å². The Labute approximate surface area is 92.7 Å². The van der Waals surface area contributed by atoms with Crippen molar-refractivity contribution in [2.24, 2.45) is 22.7 Å². The molecule has 0 aromatic rings. The van der Waals surface area contributed by atoms with E-state index in [-0.39, 0.29) is 17.4 Å². The van der Waals surface area contributed by atoms with E-state index in [1.54, 1.807) is 0 Å². The summed E-state index contributed by atoms with van der Waals surface area (Å²) in [7, 11) is 0. The van der Waals surface area contributed by atoms with Crippen molar-refractivity contribution in [3.8, 4) is 0 Å². The molecule has 2 aliphatic carbocycles. The van der Waals surface area contributed by atoms with Crippen LogP contribution in [0.5, 0.6) is 0 Å². The Hall–Kier alpha value is -0.0800. The van der Waals surface area contributed by atoms with Crippen molar-refractivity contribution in [2.75, 3.05) is 13.2 Å². The predicted molar refractivity (Wildman–Crippen MR) is 60.5 cm³/mol. The number of aliphatic hydroxyl groups is 2. The zero-order valence-corrected chi connectivity index (χ0v) is 10.00. The van der Waals surface area contributed by atoms with Crippen molar-refractivity contribution in [1.82, 2.24) is 0 Å². The van der Waals surface area contributed by atoms with Crippen LogP contribution in [-0.4, -0.2) is 23.4 Å². The molecule has 0 aromatic heterocycles. The van der Waals surface area contributed by atoms with Gasteiger partial charge >= 0.3 is 0 Å². The van der Waals surface area contributed by atoms with Crippen LogP contribution in [0.1, 0.15) is 46.0 Å². The SMILES string of the molecule is CC1CC2CC(C)(CO)CC(CO)(C1)C2. The Morgan fingerprint density at radius 3 is 2.47 bits per heavy atom. The number of aliphatic hydroxyl groups excluding tert-OH is 2. The highest BCUT2D eigenvalue weighted by atomic mass is 16.3. The molecule has 15 heavy (non-hydrogen) atoms. The Morgan fingerprint density at radius 2 is 1.87 bits per heavy atom. The lowest BCUT2D eigenvalue weighted by molar-refractivity contribution is -0.0769. The summed E-state index contributed by atoms with van der Waals surface area (Å²) in [6, 6.07) is 0. The summed E-state index contributed by atoms with van der Waals surface area (Å²) in [6.45, 7) is 5.07. The van der Waals surface area contributed by atoms with Gasteiger partial charge in [-0.25, -0.2) is 0 Å². The summed E-state index contributed by atoms with van der Waals surface area (Å²) < 4.78 is 0. The summed E-state index contributed by atoms with van der Waals surface area (Å²) >= 11 is 0. The quantitative estimate of drug-likeness (QED) is 0.736. The van der Waals surface area contributed by atoms with Gasteiger partial charge in [-0.2, -0.15) is 0 Å². The summed E-state index contributed by atoms with van der Waals surface area (Å²) in [4.78, 5) is 0. The highest BCUT2D eigenvalue weighted by molar-refractivity contribution is 4.99. The number of rotatable bonds is 2. The van der Waals surface area contributed by atoms with Gasteiger partial charge in [-0.05, 0) is 54.8 Å². The first-order valence-corrected chi connectivity index (χ1v) is 6.23. The normalized spacial score (nSPS) is 50.4. The summed E-state index contributed by atoms with van der Waals surface area (Å²) in [5.41, 5.74) is 0.184. The van der Waals surface area contributed by atoms with Gasteiger partial charge in [-0.3, -0.25) is 0 Å². The molecule has 4 atom stereocenters. The van der Waals surface area contributed by atoms with Crippen LogP contribution >= 0.6 is 0 Å². The van der Waals surface area contributed by atoms with Gasteiger partial charge in [0, 0.05) is 13.2 Å². The standard InChI is InChI=1S/C13H24O2/c1-10-3-11-5-12(2,8-14)7-13(4-10,6-11)9-15/h10-11,14-15H,3-9H2,1-2H3. The van der Waals surface area contributed by atoms with E-state index in [9.17, 15) is 10.2 Å². The van der Waals surface area contributed by atoms with Crippen molar-refractivity contribution in [3.63, 3.8) is 0 Å². The van der Waals surface area contributed by atoms with Crippen LogP contribution in [0.15, 0.2) is 0 Å². The molecule has 4 unspecified atom stereocenters. The highest BCUT2D eigenvalue weighted by Crippen LogP contribution is 2.56. The van der Waals surface area contributed by atoms with E-state index in [1.807, 2.05) is 0 Å². The van der Waals surface area contributed by atoms with E-state index in [0.717, 1.165) is 31.1 Å². The number of hydrogen-bond donors (Lipinski definition) is 2. The summed E-state index contributed by atoms with van der Waals surface area (Å²) in [5, 5.41) is 19.2. The Bertz CT molecular complexity index is 235. The predicted octanol–water partition coefficient (Wildman–Crippen LogP) is 2.19. The van der Waals surface area contributed by atoms with E-state index >= 15 is 0 Å². The molecule has 0 heterocycles. The third-order valence-electron chi connectivity index (χ3n) is 4.54. The van der Waals surface area contributed by atoms with Gasteiger partial charge in [0.2, 0.25) is 0 Å². The molecule has 0 aliphatic heterocycles. The van der Waals surface area contributed by atoms with Gasteiger partial charge < -0.3 is 10.2 Å². The van der Waals surface area contributed by atoms with E-state index in [4.69, 9.17) is 0 Å². The first kappa shape index (κ1) is 11.4. The van der Waals surface area contributed by atoms with Crippen LogP contribution in [0.25, 0.3) is 0 Å². The molecule has 2 nitrogen and oxygen atoms in total. The zero-order valence-electron chi connectivity index (χ0n) is 10.00. The Morgan fingerprint density at radius 1 is 1.13 bits per heavy atom. The highest BCUT2D eigenvalue weighted by Gasteiger charge is 2.48. The topological polar surface area (TPSA) is 40.5 Å². The van der Waals surface area contributed by atoms with E-state index in [1.165, 1.54) is 12.8 Å². The Balaban J connectivity index is 2.20. The van der Waals surface area contributed by atoms with Crippen molar-refractivity contribution < 1.29 is 10.2 Å². The smallest absolute Gasteiger partial charge is 0.0487 e. The van der Waals surface area contributed by atoms with Crippen molar-refractivity contribution in [2.45, 2.75) is 46.0 Å². The lowest BCUT2D eigenvalue weighted by Crippen LogP contribution is -2.47. The van der Waals surface area contributed by atoms with Crippen molar-refractivity contribution >= 4 is 0 Å². The molecule has 0 spiro atoms. The lowest BCUT2D eigenvalue weighted by Gasteiger charge is -2.53. The maximum absolute atomic E-state index is 9.66. The molecule has 2 fully saturated rings. The molecule has 88 valence electrons. The fourth-order valence-electron chi connectivity index (χ4n) is 4.45. The molecule has 0 radical (unpaired) electrons.